The first kappa shape index (κ1) is 16.5. The summed E-state index contributed by atoms with van der Waals surface area (Å²) in [6.45, 7) is 17.9. The number of ether oxygens (including phenoxy) is 1. The molecule has 2 heterocycles. The highest BCUT2D eigenvalue weighted by Gasteiger charge is 2.33. The lowest BCUT2D eigenvalue weighted by atomic mass is 9.78. The predicted octanol–water partition coefficient (Wildman–Crippen LogP) is 5.43. The molecule has 0 spiro atoms. The molecule has 3 atom stereocenters. The van der Waals surface area contributed by atoms with E-state index in [1.54, 1.807) is 0 Å². The van der Waals surface area contributed by atoms with Crippen LogP contribution in [0.15, 0.2) is 0 Å². The normalized spacial score (nSPS) is 26.1. The Morgan fingerprint density at radius 3 is 2.19 bits per heavy atom. The van der Waals surface area contributed by atoms with Gasteiger partial charge in [0, 0.05) is 11.4 Å². The highest BCUT2D eigenvalue weighted by atomic mass is 16.5. The lowest BCUT2D eigenvalue weighted by Crippen LogP contribution is -2.17. The Morgan fingerprint density at radius 2 is 1.67 bits per heavy atom. The van der Waals surface area contributed by atoms with E-state index in [4.69, 9.17) is 9.72 Å². The first-order valence-corrected chi connectivity index (χ1v) is 8.40. The van der Waals surface area contributed by atoms with Gasteiger partial charge in [-0.25, -0.2) is 0 Å². The van der Waals surface area contributed by atoms with Crippen LogP contribution in [0.3, 0.4) is 0 Å². The van der Waals surface area contributed by atoms with Crippen LogP contribution in [0.4, 0.5) is 0 Å². The fraction of sp³-hybridized carbons (Fsp3) is 0.737. The SMILES string of the molecule is Cc1nc(C(C)C)c2c(c1C)[C@H](C)O[C@H](C)CC2C(C)C. The molecule has 0 N–H and O–H groups in total. The third-order valence-electron chi connectivity index (χ3n) is 4.95. The van der Waals surface area contributed by atoms with Gasteiger partial charge in [0.1, 0.15) is 0 Å². The van der Waals surface area contributed by atoms with Gasteiger partial charge in [-0.1, -0.05) is 27.7 Å². The summed E-state index contributed by atoms with van der Waals surface area (Å²) in [4.78, 5) is 4.96. The molecule has 0 amide bonds. The van der Waals surface area contributed by atoms with Crippen LogP contribution in [0, 0.1) is 19.8 Å². The summed E-state index contributed by atoms with van der Waals surface area (Å²) < 4.78 is 6.26. The van der Waals surface area contributed by atoms with Crippen LogP contribution in [0.25, 0.3) is 0 Å². The van der Waals surface area contributed by atoms with Crippen molar-refractivity contribution in [1.82, 2.24) is 4.98 Å². The molecule has 2 heteroatoms. The topological polar surface area (TPSA) is 22.1 Å². The minimum absolute atomic E-state index is 0.165. The van der Waals surface area contributed by atoms with E-state index in [0.29, 0.717) is 23.9 Å². The van der Waals surface area contributed by atoms with E-state index in [1.807, 2.05) is 0 Å². The number of fused-ring (bicyclic) bond motifs is 1. The molecule has 0 fully saturated rings. The summed E-state index contributed by atoms with van der Waals surface area (Å²) in [7, 11) is 0. The van der Waals surface area contributed by atoms with Gasteiger partial charge in [0.15, 0.2) is 0 Å². The van der Waals surface area contributed by atoms with E-state index in [9.17, 15) is 0 Å². The number of hydrogen-bond donors (Lipinski definition) is 0. The molecule has 1 aromatic rings. The molecule has 0 saturated heterocycles. The molecular weight excluding hydrogens is 258 g/mol. The average molecular weight is 289 g/mol. The van der Waals surface area contributed by atoms with Crippen LogP contribution in [0.5, 0.6) is 0 Å². The Balaban J connectivity index is 2.77. The molecule has 2 nitrogen and oxygen atoms in total. The number of aromatic nitrogens is 1. The van der Waals surface area contributed by atoms with Crippen LogP contribution < -0.4 is 0 Å². The largest absolute Gasteiger partial charge is 0.371 e. The number of hydrogen-bond acceptors (Lipinski definition) is 2. The summed E-state index contributed by atoms with van der Waals surface area (Å²) in [5.41, 5.74) is 6.66. The van der Waals surface area contributed by atoms with Crippen molar-refractivity contribution in [2.24, 2.45) is 5.92 Å². The first-order chi connectivity index (χ1) is 9.73. The van der Waals surface area contributed by atoms with E-state index < -0.39 is 0 Å². The second-order valence-corrected chi connectivity index (χ2v) is 7.36. The lowest BCUT2D eigenvalue weighted by Gasteiger charge is -2.28. The Morgan fingerprint density at radius 1 is 1.05 bits per heavy atom. The van der Waals surface area contributed by atoms with Gasteiger partial charge >= 0.3 is 0 Å². The number of rotatable bonds is 2. The van der Waals surface area contributed by atoms with Gasteiger partial charge in [0.05, 0.1) is 12.2 Å². The molecule has 0 saturated carbocycles. The fourth-order valence-electron chi connectivity index (χ4n) is 3.77. The van der Waals surface area contributed by atoms with Gasteiger partial charge < -0.3 is 4.74 Å². The van der Waals surface area contributed by atoms with Crippen LogP contribution >= 0.6 is 0 Å². The zero-order valence-electron chi connectivity index (χ0n) is 14.9. The van der Waals surface area contributed by atoms with Crippen molar-refractivity contribution in [2.45, 2.75) is 85.9 Å². The van der Waals surface area contributed by atoms with Gasteiger partial charge in [-0.3, -0.25) is 4.98 Å². The second-order valence-electron chi connectivity index (χ2n) is 7.36. The molecule has 118 valence electrons. The van der Waals surface area contributed by atoms with Crippen LogP contribution in [0.2, 0.25) is 0 Å². The van der Waals surface area contributed by atoms with E-state index in [-0.39, 0.29) is 6.10 Å². The van der Waals surface area contributed by atoms with E-state index >= 15 is 0 Å². The maximum atomic E-state index is 6.26. The molecule has 1 aliphatic heterocycles. The minimum atomic E-state index is 0.165. The molecular formula is C19H31NO. The van der Waals surface area contributed by atoms with Crippen molar-refractivity contribution >= 4 is 0 Å². The molecule has 2 rings (SSSR count). The number of pyridine rings is 1. The monoisotopic (exact) mass is 289 g/mol. The van der Waals surface area contributed by atoms with Crippen molar-refractivity contribution in [2.75, 3.05) is 0 Å². The van der Waals surface area contributed by atoms with Gasteiger partial charge in [0.2, 0.25) is 0 Å². The van der Waals surface area contributed by atoms with E-state index in [1.165, 1.54) is 22.4 Å². The Kier molecular flexibility index (Phi) is 4.77. The molecule has 1 unspecified atom stereocenters. The van der Waals surface area contributed by atoms with Crippen molar-refractivity contribution in [3.05, 3.63) is 28.1 Å². The Hall–Kier alpha value is -0.890. The van der Waals surface area contributed by atoms with Gasteiger partial charge in [-0.05, 0) is 68.6 Å². The lowest BCUT2D eigenvalue weighted by molar-refractivity contribution is 0.00429. The van der Waals surface area contributed by atoms with Crippen LogP contribution in [-0.2, 0) is 4.74 Å². The molecule has 1 aliphatic rings. The zero-order chi connectivity index (χ0) is 15.9. The molecule has 21 heavy (non-hydrogen) atoms. The Bertz CT molecular complexity index is 519. The number of aryl methyl sites for hydroxylation is 1. The smallest absolute Gasteiger partial charge is 0.0807 e. The van der Waals surface area contributed by atoms with Crippen molar-refractivity contribution in [3.63, 3.8) is 0 Å². The molecule has 0 bridgehead atoms. The third-order valence-corrected chi connectivity index (χ3v) is 4.95. The maximum absolute atomic E-state index is 6.26. The highest BCUT2D eigenvalue weighted by Crippen LogP contribution is 2.44. The van der Waals surface area contributed by atoms with Crippen molar-refractivity contribution in [3.8, 4) is 0 Å². The van der Waals surface area contributed by atoms with E-state index in [2.05, 4.69) is 55.4 Å². The number of nitrogens with zero attached hydrogens (tertiary/aromatic N) is 1. The summed E-state index contributed by atoms with van der Waals surface area (Å²) in [5, 5.41) is 0. The second kappa shape index (κ2) is 6.08. The molecule has 0 radical (unpaired) electrons. The predicted molar refractivity (Wildman–Crippen MR) is 89.0 cm³/mol. The van der Waals surface area contributed by atoms with Crippen LogP contribution in [-0.4, -0.2) is 11.1 Å². The molecule has 0 aliphatic carbocycles. The van der Waals surface area contributed by atoms with Gasteiger partial charge in [-0.2, -0.15) is 0 Å². The summed E-state index contributed by atoms with van der Waals surface area (Å²) in [6, 6.07) is 0. The quantitative estimate of drug-likeness (QED) is 0.724. The maximum Gasteiger partial charge on any atom is 0.0807 e. The first-order valence-electron chi connectivity index (χ1n) is 8.40. The van der Waals surface area contributed by atoms with Gasteiger partial charge in [0.25, 0.3) is 0 Å². The molecule has 0 aromatic carbocycles. The van der Waals surface area contributed by atoms with Crippen LogP contribution in [0.1, 0.15) is 94.0 Å². The fourth-order valence-corrected chi connectivity index (χ4v) is 3.77. The zero-order valence-corrected chi connectivity index (χ0v) is 14.9. The third kappa shape index (κ3) is 3.01. The van der Waals surface area contributed by atoms with Crippen molar-refractivity contribution in [1.29, 1.82) is 0 Å². The molecule has 1 aromatic heterocycles. The standard InChI is InChI=1S/C19H31NO/c1-10(2)16-9-12(5)21-15(8)17-13(6)14(7)20-19(11(3)4)18(16)17/h10-12,15-16H,9H2,1-8H3/t12-,15+,16?/m1/s1. The highest BCUT2D eigenvalue weighted by molar-refractivity contribution is 5.45. The Labute approximate surface area is 130 Å². The van der Waals surface area contributed by atoms with Gasteiger partial charge in [-0.15, -0.1) is 0 Å². The summed E-state index contributed by atoms with van der Waals surface area (Å²) in [6.07, 6.45) is 1.57. The summed E-state index contributed by atoms with van der Waals surface area (Å²) in [5.74, 6) is 1.62. The van der Waals surface area contributed by atoms with E-state index in [0.717, 1.165) is 12.1 Å². The summed E-state index contributed by atoms with van der Waals surface area (Å²) >= 11 is 0. The minimum Gasteiger partial charge on any atom is -0.371 e. The average Bonchev–Trinajstić information content (AvgIpc) is 2.50. The van der Waals surface area contributed by atoms with Crippen molar-refractivity contribution < 1.29 is 4.74 Å².